The molecule has 1 unspecified atom stereocenters. The van der Waals surface area contributed by atoms with Crippen molar-refractivity contribution >= 4 is 0 Å². The van der Waals surface area contributed by atoms with Crippen LogP contribution in [-0.4, -0.2) is 48.8 Å². The molecule has 1 heterocycles. The molecule has 3 heteroatoms. The third-order valence-electron chi connectivity index (χ3n) is 5.96. The van der Waals surface area contributed by atoms with Gasteiger partial charge in [0.15, 0.2) is 0 Å². The Labute approximate surface area is 131 Å². The number of hydrogen-bond acceptors (Lipinski definition) is 3. The fourth-order valence-corrected chi connectivity index (χ4v) is 4.22. The van der Waals surface area contributed by atoms with Gasteiger partial charge in [-0.05, 0) is 69.5 Å². The van der Waals surface area contributed by atoms with Crippen molar-refractivity contribution in [1.82, 2.24) is 10.2 Å². The molecule has 1 aliphatic carbocycles. The smallest absolute Gasteiger partial charge is 0.0541 e. The number of hydrogen-bond donors (Lipinski definition) is 2. The van der Waals surface area contributed by atoms with E-state index in [0.29, 0.717) is 11.3 Å². The maximum Gasteiger partial charge on any atom is 0.0541 e. The zero-order valence-corrected chi connectivity index (χ0v) is 14.4. The van der Waals surface area contributed by atoms with Crippen molar-refractivity contribution in [3.63, 3.8) is 0 Å². The highest BCUT2D eigenvalue weighted by Crippen LogP contribution is 2.39. The lowest BCUT2D eigenvalue weighted by atomic mass is 9.70. The Balaban J connectivity index is 1.87. The van der Waals surface area contributed by atoms with Gasteiger partial charge in [0, 0.05) is 13.1 Å². The van der Waals surface area contributed by atoms with Crippen LogP contribution < -0.4 is 5.32 Å². The molecule has 0 aromatic rings. The van der Waals surface area contributed by atoms with E-state index in [-0.39, 0.29) is 6.10 Å². The lowest BCUT2D eigenvalue weighted by Gasteiger charge is -2.45. The molecule has 124 valence electrons. The van der Waals surface area contributed by atoms with Gasteiger partial charge in [-0.2, -0.15) is 0 Å². The van der Waals surface area contributed by atoms with Crippen LogP contribution in [0.2, 0.25) is 0 Å². The molecule has 0 bridgehead atoms. The van der Waals surface area contributed by atoms with E-state index in [4.69, 9.17) is 0 Å². The molecule has 1 saturated heterocycles. The molecule has 2 rings (SSSR count). The molecule has 2 N–H and O–H groups in total. The molecule has 1 aliphatic heterocycles. The van der Waals surface area contributed by atoms with Crippen LogP contribution in [0.4, 0.5) is 0 Å². The molecule has 0 radical (unpaired) electrons. The quantitative estimate of drug-likeness (QED) is 0.791. The van der Waals surface area contributed by atoms with Crippen molar-refractivity contribution in [2.45, 2.75) is 65.4 Å². The van der Waals surface area contributed by atoms with Crippen LogP contribution in [0.25, 0.3) is 0 Å². The summed E-state index contributed by atoms with van der Waals surface area (Å²) in [6.45, 7) is 12.5. The summed E-state index contributed by atoms with van der Waals surface area (Å²) in [5.41, 5.74) is 0.500. The molecule has 2 fully saturated rings. The third kappa shape index (κ3) is 4.94. The van der Waals surface area contributed by atoms with Crippen LogP contribution in [0.5, 0.6) is 0 Å². The average molecular weight is 296 g/mol. The monoisotopic (exact) mass is 296 g/mol. The normalized spacial score (nSPS) is 34.0. The Hall–Kier alpha value is -0.120. The summed E-state index contributed by atoms with van der Waals surface area (Å²) >= 11 is 0. The first-order chi connectivity index (χ1) is 10.0. The van der Waals surface area contributed by atoms with E-state index in [0.717, 1.165) is 12.5 Å². The average Bonchev–Trinajstić information content (AvgIpc) is 2.49. The standard InChI is InChI=1S/C18H36N2O/c1-4-19-13-18(9-5-15(2)6-10-18)14-20-11-7-17(8-12-20)16(3)21/h15-17,19,21H,4-14H2,1-3H3. The molecule has 1 saturated carbocycles. The molecule has 0 aromatic carbocycles. The van der Waals surface area contributed by atoms with Crippen LogP contribution in [-0.2, 0) is 0 Å². The second kappa shape index (κ2) is 7.94. The number of rotatable bonds is 6. The van der Waals surface area contributed by atoms with E-state index in [9.17, 15) is 5.11 Å². The van der Waals surface area contributed by atoms with Gasteiger partial charge in [0.1, 0.15) is 0 Å². The molecule has 1 atom stereocenters. The van der Waals surface area contributed by atoms with Crippen molar-refractivity contribution in [2.75, 3.05) is 32.7 Å². The van der Waals surface area contributed by atoms with E-state index in [1.165, 1.54) is 64.7 Å². The maximum absolute atomic E-state index is 9.75. The number of likely N-dealkylation sites (tertiary alicyclic amines) is 1. The highest BCUT2D eigenvalue weighted by molar-refractivity contribution is 4.90. The van der Waals surface area contributed by atoms with Crippen LogP contribution in [0.3, 0.4) is 0 Å². The minimum atomic E-state index is -0.126. The van der Waals surface area contributed by atoms with Gasteiger partial charge in [-0.1, -0.05) is 26.7 Å². The first-order valence-electron chi connectivity index (χ1n) is 9.16. The van der Waals surface area contributed by atoms with Crippen molar-refractivity contribution in [3.05, 3.63) is 0 Å². The first-order valence-corrected chi connectivity index (χ1v) is 9.16. The molecular weight excluding hydrogens is 260 g/mol. The number of aliphatic hydroxyl groups excluding tert-OH is 1. The minimum absolute atomic E-state index is 0.126. The summed E-state index contributed by atoms with van der Waals surface area (Å²) in [6, 6.07) is 0. The lowest BCUT2D eigenvalue weighted by molar-refractivity contribution is 0.0366. The minimum Gasteiger partial charge on any atom is -0.393 e. The number of nitrogens with zero attached hydrogens (tertiary/aromatic N) is 1. The zero-order valence-electron chi connectivity index (χ0n) is 14.4. The van der Waals surface area contributed by atoms with Crippen LogP contribution in [0, 0.1) is 17.3 Å². The van der Waals surface area contributed by atoms with Crippen LogP contribution in [0.1, 0.15) is 59.3 Å². The predicted octanol–water partition coefficient (Wildman–Crippen LogP) is 2.89. The Bertz CT molecular complexity index is 284. The fourth-order valence-electron chi connectivity index (χ4n) is 4.22. The topological polar surface area (TPSA) is 35.5 Å². The van der Waals surface area contributed by atoms with Gasteiger partial charge in [-0.3, -0.25) is 0 Å². The van der Waals surface area contributed by atoms with Gasteiger partial charge in [-0.15, -0.1) is 0 Å². The number of nitrogens with one attached hydrogen (secondary N) is 1. The van der Waals surface area contributed by atoms with E-state index < -0.39 is 0 Å². The van der Waals surface area contributed by atoms with Crippen LogP contribution >= 0.6 is 0 Å². The van der Waals surface area contributed by atoms with Gasteiger partial charge >= 0.3 is 0 Å². The summed E-state index contributed by atoms with van der Waals surface area (Å²) in [7, 11) is 0. The summed E-state index contributed by atoms with van der Waals surface area (Å²) in [6.07, 6.45) is 7.79. The molecule has 0 aromatic heterocycles. The van der Waals surface area contributed by atoms with Gasteiger partial charge in [0.2, 0.25) is 0 Å². The summed E-state index contributed by atoms with van der Waals surface area (Å²) in [5, 5.41) is 13.4. The largest absolute Gasteiger partial charge is 0.393 e. The molecule has 2 aliphatic rings. The summed E-state index contributed by atoms with van der Waals surface area (Å²) in [4.78, 5) is 2.67. The van der Waals surface area contributed by atoms with Gasteiger partial charge < -0.3 is 15.3 Å². The van der Waals surface area contributed by atoms with E-state index in [1.54, 1.807) is 0 Å². The first kappa shape index (κ1) is 17.2. The fraction of sp³-hybridized carbons (Fsp3) is 1.00. The van der Waals surface area contributed by atoms with E-state index in [1.807, 2.05) is 6.92 Å². The Morgan fingerprint density at radius 3 is 2.33 bits per heavy atom. The van der Waals surface area contributed by atoms with Crippen molar-refractivity contribution in [1.29, 1.82) is 0 Å². The molecule has 21 heavy (non-hydrogen) atoms. The van der Waals surface area contributed by atoms with Gasteiger partial charge in [0.05, 0.1) is 6.10 Å². The second-order valence-corrected chi connectivity index (χ2v) is 7.82. The summed E-state index contributed by atoms with van der Waals surface area (Å²) in [5.74, 6) is 1.44. The number of piperidine rings is 1. The Kier molecular flexibility index (Phi) is 6.51. The molecular formula is C18H36N2O. The van der Waals surface area contributed by atoms with E-state index in [2.05, 4.69) is 24.1 Å². The Morgan fingerprint density at radius 2 is 1.81 bits per heavy atom. The van der Waals surface area contributed by atoms with Crippen molar-refractivity contribution < 1.29 is 5.11 Å². The SMILES string of the molecule is CCNCC1(CN2CCC(C(C)O)CC2)CCC(C)CC1. The highest BCUT2D eigenvalue weighted by Gasteiger charge is 2.36. The van der Waals surface area contributed by atoms with Gasteiger partial charge in [0.25, 0.3) is 0 Å². The van der Waals surface area contributed by atoms with Gasteiger partial charge in [-0.25, -0.2) is 0 Å². The zero-order chi connectivity index (χ0) is 15.3. The number of aliphatic hydroxyl groups is 1. The third-order valence-corrected chi connectivity index (χ3v) is 5.96. The van der Waals surface area contributed by atoms with Crippen molar-refractivity contribution in [3.8, 4) is 0 Å². The van der Waals surface area contributed by atoms with Crippen molar-refractivity contribution in [2.24, 2.45) is 17.3 Å². The van der Waals surface area contributed by atoms with E-state index >= 15 is 0 Å². The Morgan fingerprint density at radius 1 is 1.19 bits per heavy atom. The summed E-state index contributed by atoms with van der Waals surface area (Å²) < 4.78 is 0. The highest BCUT2D eigenvalue weighted by atomic mass is 16.3. The molecule has 0 spiro atoms. The lowest BCUT2D eigenvalue weighted by Crippen LogP contribution is -2.48. The maximum atomic E-state index is 9.75. The molecule has 0 amide bonds. The van der Waals surface area contributed by atoms with Crippen LogP contribution in [0.15, 0.2) is 0 Å². The predicted molar refractivity (Wildman–Crippen MR) is 89.5 cm³/mol. The molecule has 3 nitrogen and oxygen atoms in total. The second-order valence-electron chi connectivity index (χ2n) is 7.82.